The maximum atomic E-state index is 10.4. The van der Waals surface area contributed by atoms with E-state index < -0.39 is 5.91 Å². The normalized spacial score (nSPS) is 17.8. The maximum Gasteiger partial charge on any atom is 0.257 e. The number of nitrogens with zero attached hydrogens (tertiary/aromatic N) is 1. The van der Waals surface area contributed by atoms with E-state index in [2.05, 4.69) is 5.32 Å². The molecule has 1 aliphatic heterocycles. The quantitative estimate of drug-likeness (QED) is 0.693. The number of benzene rings is 1. The van der Waals surface area contributed by atoms with Gasteiger partial charge in [-0.2, -0.15) is 0 Å². The van der Waals surface area contributed by atoms with Crippen LogP contribution in [0.25, 0.3) is 0 Å². The Bertz CT molecular complexity index is 420. The van der Waals surface area contributed by atoms with Crippen LogP contribution >= 0.6 is 11.6 Å². The van der Waals surface area contributed by atoms with Crippen LogP contribution in [0.3, 0.4) is 0 Å². The van der Waals surface area contributed by atoms with E-state index in [4.69, 9.17) is 16.3 Å². The lowest BCUT2D eigenvalue weighted by Crippen LogP contribution is -2.54. The second-order valence-electron chi connectivity index (χ2n) is 4.22. The zero-order chi connectivity index (χ0) is 13.2. The maximum absolute atomic E-state index is 10.4. The molecule has 6 heteroatoms. The van der Waals surface area contributed by atoms with Gasteiger partial charge in [-0.05, 0) is 18.2 Å². The van der Waals surface area contributed by atoms with E-state index in [1.165, 1.54) is 13.2 Å². The smallest absolute Gasteiger partial charge is 0.257 e. The summed E-state index contributed by atoms with van der Waals surface area (Å²) in [5, 5.41) is 24.3. The van der Waals surface area contributed by atoms with E-state index in [1.807, 2.05) is 0 Å². The Morgan fingerprint density at radius 3 is 2.61 bits per heavy atom. The molecule has 0 unspecified atom stereocenters. The molecule has 0 radical (unpaired) electrons. The minimum Gasteiger partial charge on any atom is -0.496 e. The molecule has 0 aromatic heterocycles. The van der Waals surface area contributed by atoms with Gasteiger partial charge in [0.25, 0.3) is 5.91 Å². The lowest BCUT2D eigenvalue weighted by atomic mass is 10.1. The number of aliphatic hydroxyl groups is 2. The molecular weight excluding hydrogens is 256 g/mol. The number of methoxy groups -OCH3 is 1. The molecule has 1 aromatic carbocycles. The van der Waals surface area contributed by atoms with E-state index in [0.717, 1.165) is 0 Å². The van der Waals surface area contributed by atoms with Gasteiger partial charge in [0.2, 0.25) is 0 Å². The summed E-state index contributed by atoms with van der Waals surface area (Å²) in [5.41, 5.74) is 0.263. The van der Waals surface area contributed by atoms with Gasteiger partial charge in [-0.25, -0.2) is 4.90 Å². The molecule has 2 rings (SSSR count). The summed E-state index contributed by atoms with van der Waals surface area (Å²) >= 11 is 5.91. The van der Waals surface area contributed by atoms with Crippen molar-refractivity contribution in [2.75, 3.05) is 33.3 Å². The third-order valence-corrected chi connectivity index (χ3v) is 3.32. The van der Waals surface area contributed by atoms with Gasteiger partial charge in [-0.15, -0.1) is 0 Å². The molecule has 0 aliphatic carbocycles. The van der Waals surface area contributed by atoms with Crippen molar-refractivity contribution in [2.45, 2.75) is 5.91 Å². The van der Waals surface area contributed by atoms with Crippen LogP contribution in [0.5, 0.6) is 5.75 Å². The number of hydrogen-bond acceptors (Lipinski definition) is 5. The van der Waals surface area contributed by atoms with Crippen molar-refractivity contribution in [3.8, 4) is 5.75 Å². The summed E-state index contributed by atoms with van der Waals surface area (Å²) in [5.74, 6) is -1.67. The second-order valence-corrected chi connectivity index (χ2v) is 4.65. The number of halogens is 1. The minimum atomic E-state index is -2.07. The molecule has 100 valence electrons. The van der Waals surface area contributed by atoms with Gasteiger partial charge in [-0.1, -0.05) is 11.6 Å². The first-order chi connectivity index (χ1) is 8.55. The Hall–Kier alpha value is -0.850. The molecule has 18 heavy (non-hydrogen) atoms. The van der Waals surface area contributed by atoms with Crippen molar-refractivity contribution in [1.82, 2.24) is 10.2 Å². The Balaban J connectivity index is 2.35. The first-order valence-electron chi connectivity index (χ1n) is 5.80. The standard InChI is InChI=1S/C12H17ClN2O3/c1-18-11-3-2-9(13)8-10(11)12(16,17)15-6-4-14-5-7-15/h2-3,8,14,16-17H,4-7H2,1H3. The van der Waals surface area contributed by atoms with E-state index in [-0.39, 0.29) is 5.56 Å². The summed E-state index contributed by atoms with van der Waals surface area (Å²) in [6, 6.07) is 4.79. The molecule has 3 N–H and O–H groups in total. The molecule has 0 bridgehead atoms. The van der Waals surface area contributed by atoms with Crippen molar-refractivity contribution in [1.29, 1.82) is 0 Å². The lowest BCUT2D eigenvalue weighted by Gasteiger charge is -2.38. The van der Waals surface area contributed by atoms with Crippen LogP contribution in [-0.2, 0) is 5.91 Å². The number of piperazine rings is 1. The number of rotatable bonds is 3. The van der Waals surface area contributed by atoms with Gasteiger partial charge < -0.3 is 20.3 Å². The average molecular weight is 273 g/mol. The molecule has 0 atom stereocenters. The van der Waals surface area contributed by atoms with Gasteiger partial charge >= 0.3 is 0 Å². The second kappa shape index (κ2) is 5.42. The molecule has 0 saturated carbocycles. The van der Waals surface area contributed by atoms with E-state index in [1.54, 1.807) is 17.0 Å². The third-order valence-electron chi connectivity index (χ3n) is 3.08. The molecule has 0 spiro atoms. The Labute approximate surface area is 111 Å². The summed E-state index contributed by atoms with van der Waals surface area (Å²) < 4.78 is 5.16. The summed E-state index contributed by atoms with van der Waals surface area (Å²) in [6.07, 6.45) is 0. The summed E-state index contributed by atoms with van der Waals surface area (Å²) in [4.78, 5) is 1.58. The molecule has 5 nitrogen and oxygen atoms in total. The van der Waals surface area contributed by atoms with E-state index >= 15 is 0 Å². The van der Waals surface area contributed by atoms with Gasteiger partial charge in [0.05, 0.1) is 12.7 Å². The third kappa shape index (κ3) is 2.60. The molecule has 1 heterocycles. The van der Waals surface area contributed by atoms with Crippen LogP contribution < -0.4 is 10.1 Å². The topological polar surface area (TPSA) is 65.0 Å². The zero-order valence-corrected chi connectivity index (χ0v) is 10.9. The fourth-order valence-corrected chi connectivity index (χ4v) is 2.26. The first-order valence-corrected chi connectivity index (χ1v) is 6.18. The molecule has 1 fully saturated rings. The Morgan fingerprint density at radius 2 is 2.00 bits per heavy atom. The highest BCUT2D eigenvalue weighted by Crippen LogP contribution is 2.33. The largest absolute Gasteiger partial charge is 0.496 e. The highest BCUT2D eigenvalue weighted by atomic mass is 35.5. The highest BCUT2D eigenvalue weighted by Gasteiger charge is 2.37. The van der Waals surface area contributed by atoms with Crippen molar-refractivity contribution >= 4 is 11.6 Å². The average Bonchev–Trinajstić information content (AvgIpc) is 2.39. The fourth-order valence-electron chi connectivity index (χ4n) is 2.09. The zero-order valence-electron chi connectivity index (χ0n) is 10.2. The molecule has 0 amide bonds. The monoisotopic (exact) mass is 272 g/mol. The molecule has 1 aliphatic rings. The number of nitrogens with one attached hydrogen (secondary N) is 1. The van der Waals surface area contributed by atoms with Crippen LogP contribution in [0.1, 0.15) is 5.56 Å². The number of ether oxygens (including phenoxy) is 1. The SMILES string of the molecule is COc1ccc(Cl)cc1C(O)(O)N1CCNCC1. The van der Waals surface area contributed by atoms with Crippen LogP contribution in [0.15, 0.2) is 18.2 Å². The lowest BCUT2D eigenvalue weighted by molar-refractivity contribution is -0.277. The summed E-state index contributed by atoms with van der Waals surface area (Å²) in [6.45, 7) is 2.52. The van der Waals surface area contributed by atoms with Crippen molar-refractivity contribution in [2.24, 2.45) is 0 Å². The molecule has 1 saturated heterocycles. The van der Waals surface area contributed by atoms with E-state index in [0.29, 0.717) is 37.0 Å². The van der Waals surface area contributed by atoms with Gasteiger partial charge in [-0.3, -0.25) is 0 Å². The van der Waals surface area contributed by atoms with Gasteiger partial charge in [0.15, 0.2) is 0 Å². The van der Waals surface area contributed by atoms with Crippen molar-refractivity contribution < 1.29 is 14.9 Å². The predicted molar refractivity (Wildman–Crippen MR) is 68.6 cm³/mol. The van der Waals surface area contributed by atoms with E-state index in [9.17, 15) is 10.2 Å². The van der Waals surface area contributed by atoms with Crippen LogP contribution in [0.2, 0.25) is 5.02 Å². The van der Waals surface area contributed by atoms with Crippen LogP contribution in [-0.4, -0.2) is 48.4 Å². The predicted octanol–water partition coefficient (Wildman–Crippen LogP) is 0.349. The van der Waals surface area contributed by atoms with Crippen molar-refractivity contribution in [3.05, 3.63) is 28.8 Å². The highest BCUT2D eigenvalue weighted by molar-refractivity contribution is 6.30. The molecular formula is C12H17ClN2O3. The Kier molecular flexibility index (Phi) is 4.09. The van der Waals surface area contributed by atoms with Crippen LogP contribution in [0.4, 0.5) is 0 Å². The summed E-state index contributed by atoms with van der Waals surface area (Å²) in [7, 11) is 1.49. The molecule has 1 aromatic rings. The van der Waals surface area contributed by atoms with Gasteiger partial charge in [0, 0.05) is 31.2 Å². The number of hydrogen-bond donors (Lipinski definition) is 3. The van der Waals surface area contributed by atoms with Crippen molar-refractivity contribution in [3.63, 3.8) is 0 Å². The first kappa shape index (κ1) is 13.6. The van der Waals surface area contributed by atoms with Crippen LogP contribution in [0, 0.1) is 0 Å². The minimum absolute atomic E-state index is 0.263. The Morgan fingerprint density at radius 1 is 1.33 bits per heavy atom. The van der Waals surface area contributed by atoms with Gasteiger partial charge in [0.1, 0.15) is 5.75 Å². The fraction of sp³-hybridized carbons (Fsp3) is 0.500.